The number of para-hydroxylation sites is 1. The summed E-state index contributed by atoms with van der Waals surface area (Å²) in [7, 11) is 2.72. The van der Waals surface area contributed by atoms with Gasteiger partial charge in [-0.05, 0) is 53.8 Å². The smallest absolute Gasteiger partial charge is 0.341 e. The highest BCUT2D eigenvalue weighted by atomic mass is 32.2. The Labute approximate surface area is 261 Å². The predicted octanol–water partition coefficient (Wildman–Crippen LogP) is 5.83. The topological polar surface area (TPSA) is 135 Å². The van der Waals surface area contributed by atoms with Crippen molar-refractivity contribution in [1.82, 2.24) is 19.7 Å². The number of thiazole rings is 1. The Kier molecular flexibility index (Phi) is 10.00. The summed E-state index contributed by atoms with van der Waals surface area (Å²) in [6.07, 6.45) is 2.86. The number of benzene rings is 3. The van der Waals surface area contributed by atoms with Crippen LogP contribution < -0.4 is 10.1 Å². The molecule has 11 nitrogen and oxygen atoms in total. The maximum absolute atomic E-state index is 14.2. The second-order valence-corrected chi connectivity index (χ2v) is 11.8. The second-order valence-electron chi connectivity index (χ2n) is 9.38. The largest absolute Gasteiger partial charge is 0.467 e. The van der Waals surface area contributed by atoms with Crippen molar-refractivity contribution in [1.29, 1.82) is 0 Å². The molecule has 1 amide bonds. The van der Waals surface area contributed by atoms with E-state index in [9.17, 15) is 14.4 Å². The van der Waals surface area contributed by atoms with Gasteiger partial charge >= 0.3 is 5.97 Å². The Balaban J connectivity index is 1.44. The fourth-order valence-corrected chi connectivity index (χ4v) is 6.60. The zero-order valence-electron chi connectivity index (χ0n) is 24.1. The molecule has 5 aromatic rings. The van der Waals surface area contributed by atoms with Gasteiger partial charge in [-0.1, -0.05) is 42.5 Å². The van der Waals surface area contributed by atoms with Crippen LogP contribution in [0.15, 0.2) is 79.4 Å². The van der Waals surface area contributed by atoms with Crippen molar-refractivity contribution in [3.05, 3.63) is 102 Å². The van der Waals surface area contributed by atoms with Crippen LogP contribution in [0.3, 0.4) is 0 Å². The van der Waals surface area contributed by atoms with E-state index < -0.39 is 17.3 Å². The lowest BCUT2D eigenvalue weighted by atomic mass is 9.95. The van der Waals surface area contributed by atoms with E-state index in [4.69, 9.17) is 14.2 Å². The minimum absolute atomic E-state index is 0.0807. The number of carbonyl (C=O) groups excluding carboxylic acids is 3. The lowest BCUT2D eigenvalue weighted by molar-refractivity contribution is 0.0465. The Morgan fingerprint density at radius 2 is 1.80 bits per heavy atom. The highest BCUT2D eigenvalue weighted by Gasteiger charge is 2.34. The summed E-state index contributed by atoms with van der Waals surface area (Å²) >= 11 is 2.96. The lowest BCUT2D eigenvalue weighted by Crippen LogP contribution is -2.26. The number of aromatic nitrogens is 4. The van der Waals surface area contributed by atoms with E-state index >= 15 is 0 Å². The predicted molar refractivity (Wildman–Crippen MR) is 169 cm³/mol. The van der Waals surface area contributed by atoms with Crippen LogP contribution in [0.1, 0.15) is 54.9 Å². The Morgan fingerprint density at radius 1 is 1.02 bits per heavy atom. The zero-order valence-corrected chi connectivity index (χ0v) is 25.8. The van der Waals surface area contributed by atoms with Gasteiger partial charge in [-0.2, -0.15) is 16.9 Å². The molecule has 226 valence electrons. The standard InChI is InChI=1S/C31H29N5O6S2/c1-4-43-28(19-9-11-20(12-10-19)29(38)35-31-34-23-7-5-6-8-25(23)44-31)26(36-17-32-16-33-36)27(37)21-13-14-24(42-18-40-2)22(15-21)30(39)41-3/h5-17,26,28H,4,18H2,1-3H3,(H,34,35,38). The first-order valence-corrected chi connectivity index (χ1v) is 15.4. The van der Waals surface area contributed by atoms with Gasteiger partial charge in [-0.25, -0.2) is 19.4 Å². The molecule has 13 heteroatoms. The van der Waals surface area contributed by atoms with Gasteiger partial charge in [-0.15, -0.1) is 0 Å². The molecule has 0 bridgehead atoms. The summed E-state index contributed by atoms with van der Waals surface area (Å²) in [5, 5.41) is 7.29. The maximum Gasteiger partial charge on any atom is 0.341 e. The molecule has 0 spiro atoms. The molecule has 1 N–H and O–H groups in total. The number of carbonyl (C=O) groups is 3. The summed E-state index contributed by atoms with van der Waals surface area (Å²) in [4.78, 5) is 48.3. The number of ketones is 1. The molecule has 0 saturated carbocycles. The van der Waals surface area contributed by atoms with Gasteiger partial charge in [-0.3, -0.25) is 14.9 Å². The number of thioether (sulfide) groups is 1. The molecule has 0 aliphatic heterocycles. The van der Waals surface area contributed by atoms with Crippen LogP contribution in [-0.2, 0) is 9.47 Å². The summed E-state index contributed by atoms with van der Waals surface area (Å²) in [5.74, 6) is -0.304. The van der Waals surface area contributed by atoms with E-state index in [1.807, 2.05) is 43.3 Å². The number of hydrogen-bond acceptors (Lipinski definition) is 11. The van der Waals surface area contributed by atoms with Crippen molar-refractivity contribution in [2.75, 3.05) is 32.1 Å². The third kappa shape index (κ3) is 6.80. The molecule has 0 fully saturated rings. The van der Waals surface area contributed by atoms with Crippen molar-refractivity contribution in [3.8, 4) is 5.75 Å². The van der Waals surface area contributed by atoms with Gasteiger partial charge < -0.3 is 14.2 Å². The fraction of sp³-hybridized carbons (Fsp3) is 0.226. The molecular formula is C31H29N5O6S2. The first-order valence-electron chi connectivity index (χ1n) is 13.5. The normalized spacial score (nSPS) is 12.4. The molecule has 2 aromatic heterocycles. The fourth-order valence-electron chi connectivity index (χ4n) is 4.60. The van der Waals surface area contributed by atoms with Gasteiger partial charge in [0, 0.05) is 18.2 Å². The molecule has 0 saturated heterocycles. The molecule has 0 aliphatic rings. The van der Waals surface area contributed by atoms with E-state index in [-0.39, 0.29) is 35.4 Å². The maximum atomic E-state index is 14.2. The first kappa shape index (κ1) is 30.9. The SMILES string of the molecule is CCSC(c1ccc(C(=O)Nc2nc3ccccc3s2)cc1)C(C(=O)c1ccc(OCOC)c(C(=O)OC)c1)n1cncn1. The van der Waals surface area contributed by atoms with Gasteiger partial charge in [0.1, 0.15) is 30.0 Å². The number of ether oxygens (including phenoxy) is 3. The van der Waals surface area contributed by atoms with Crippen LogP contribution in [0.2, 0.25) is 0 Å². The van der Waals surface area contributed by atoms with Crippen molar-refractivity contribution in [2.45, 2.75) is 18.2 Å². The van der Waals surface area contributed by atoms with Crippen LogP contribution in [-0.4, -0.2) is 64.2 Å². The number of methoxy groups -OCH3 is 2. The number of esters is 1. The van der Waals surface area contributed by atoms with E-state index in [0.29, 0.717) is 16.4 Å². The van der Waals surface area contributed by atoms with Crippen LogP contribution in [0.5, 0.6) is 5.75 Å². The van der Waals surface area contributed by atoms with Crippen molar-refractivity contribution in [3.63, 3.8) is 0 Å². The average Bonchev–Trinajstić information content (AvgIpc) is 3.73. The molecule has 0 aliphatic carbocycles. The quantitative estimate of drug-likeness (QED) is 0.0961. The molecule has 2 heterocycles. The molecule has 2 atom stereocenters. The van der Waals surface area contributed by atoms with Crippen molar-refractivity contribution >= 4 is 56.1 Å². The van der Waals surface area contributed by atoms with E-state index in [1.165, 1.54) is 55.0 Å². The van der Waals surface area contributed by atoms with Crippen LogP contribution in [0, 0.1) is 0 Å². The third-order valence-electron chi connectivity index (χ3n) is 6.64. The van der Waals surface area contributed by atoms with Crippen molar-refractivity contribution in [2.24, 2.45) is 0 Å². The number of fused-ring (bicyclic) bond motifs is 1. The van der Waals surface area contributed by atoms with Crippen LogP contribution in [0.4, 0.5) is 5.13 Å². The highest BCUT2D eigenvalue weighted by molar-refractivity contribution is 7.99. The average molecular weight is 632 g/mol. The minimum atomic E-state index is -0.818. The molecular weight excluding hydrogens is 603 g/mol. The Morgan fingerprint density at radius 3 is 2.48 bits per heavy atom. The van der Waals surface area contributed by atoms with E-state index in [2.05, 4.69) is 20.4 Å². The number of anilines is 1. The summed E-state index contributed by atoms with van der Waals surface area (Å²) in [6, 6.07) is 18.6. The van der Waals surface area contributed by atoms with E-state index in [1.54, 1.807) is 30.0 Å². The number of Topliss-reactive ketones (excluding diaryl/α,β-unsaturated/α-hetero) is 1. The summed E-state index contributed by atoms with van der Waals surface area (Å²) in [5.41, 5.74) is 2.45. The van der Waals surface area contributed by atoms with Gasteiger partial charge in [0.15, 0.2) is 17.7 Å². The second kappa shape index (κ2) is 14.3. The number of nitrogens with one attached hydrogen (secondary N) is 1. The molecule has 3 aromatic carbocycles. The van der Waals surface area contributed by atoms with Gasteiger partial charge in [0.05, 0.1) is 22.6 Å². The number of hydrogen-bond donors (Lipinski definition) is 1. The Bertz CT molecular complexity index is 1720. The molecule has 0 radical (unpaired) electrons. The first-order chi connectivity index (χ1) is 21.4. The number of rotatable bonds is 13. The molecule has 2 unspecified atom stereocenters. The third-order valence-corrected chi connectivity index (χ3v) is 8.81. The number of nitrogens with zero attached hydrogens (tertiary/aromatic N) is 4. The summed E-state index contributed by atoms with van der Waals surface area (Å²) in [6.45, 7) is 1.92. The minimum Gasteiger partial charge on any atom is -0.467 e. The summed E-state index contributed by atoms with van der Waals surface area (Å²) < 4.78 is 17.9. The van der Waals surface area contributed by atoms with Gasteiger partial charge in [0.2, 0.25) is 0 Å². The molecule has 44 heavy (non-hydrogen) atoms. The van der Waals surface area contributed by atoms with Crippen molar-refractivity contribution < 1.29 is 28.6 Å². The van der Waals surface area contributed by atoms with Crippen LogP contribution in [0.25, 0.3) is 10.2 Å². The Hall–Kier alpha value is -4.59. The van der Waals surface area contributed by atoms with Crippen LogP contribution >= 0.6 is 23.1 Å². The monoisotopic (exact) mass is 631 g/mol. The zero-order chi connectivity index (χ0) is 31.1. The highest BCUT2D eigenvalue weighted by Crippen LogP contribution is 2.41. The number of amides is 1. The van der Waals surface area contributed by atoms with E-state index in [0.717, 1.165) is 15.8 Å². The lowest BCUT2D eigenvalue weighted by Gasteiger charge is -2.26. The van der Waals surface area contributed by atoms with Gasteiger partial charge in [0.25, 0.3) is 5.91 Å². The molecule has 5 rings (SSSR count).